The Morgan fingerprint density at radius 1 is 0.923 bits per heavy atom. The molecule has 0 aliphatic rings. The van der Waals surface area contributed by atoms with Crippen molar-refractivity contribution >= 4 is 21.6 Å². The number of fused-ring (bicyclic) bond motifs is 1. The number of pyridine rings is 1. The highest BCUT2D eigenvalue weighted by molar-refractivity contribution is 7.17. The van der Waals surface area contributed by atoms with Gasteiger partial charge in [0.15, 0.2) is 0 Å². The van der Waals surface area contributed by atoms with Crippen LogP contribution in [0.15, 0.2) is 75.9 Å². The van der Waals surface area contributed by atoms with Gasteiger partial charge in [0.2, 0.25) is 0 Å². The molecule has 0 fully saturated rings. The van der Waals surface area contributed by atoms with Gasteiger partial charge in [0.1, 0.15) is 4.70 Å². The average molecular weight is 363 g/mol. The predicted molar refractivity (Wildman–Crippen MR) is 104 cm³/mol. The van der Waals surface area contributed by atoms with Crippen LogP contribution >= 0.6 is 11.3 Å². The molecule has 4 aromatic rings. The third-order valence-corrected chi connectivity index (χ3v) is 5.26. The first-order valence-electron chi connectivity index (χ1n) is 8.38. The molecule has 1 aromatic carbocycles. The number of thiophene rings is 1. The lowest BCUT2D eigenvalue weighted by Gasteiger charge is -2.12. The van der Waals surface area contributed by atoms with Crippen molar-refractivity contribution in [2.45, 2.75) is 19.5 Å². The van der Waals surface area contributed by atoms with E-state index in [1.165, 1.54) is 15.9 Å². The second-order valence-electron chi connectivity index (χ2n) is 6.06. The van der Waals surface area contributed by atoms with Crippen molar-refractivity contribution in [2.24, 2.45) is 0 Å². The molecule has 0 saturated carbocycles. The van der Waals surface area contributed by atoms with Crippen LogP contribution in [0.1, 0.15) is 11.1 Å². The quantitative estimate of drug-likeness (QED) is 0.548. The van der Waals surface area contributed by atoms with Crippen LogP contribution in [-0.2, 0) is 19.5 Å². The minimum atomic E-state index is -0.277. The van der Waals surface area contributed by atoms with Crippen molar-refractivity contribution in [2.75, 3.05) is 0 Å². The Morgan fingerprint density at radius 2 is 1.73 bits per heavy atom. The molecule has 0 atom stereocenters. The Kier molecular flexibility index (Phi) is 4.50. The lowest BCUT2D eigenvalue weighted by molar-refractivity contribution is 0.590. The maximum absolute atomic E-state index is 13.0. The number of hydrogen-bond donors (Lipinski definition) is 0. The van der Waals surface area contributed by atoms with Gasteiger partial charge in [-0.15, -0.1) is 11.3 Å². The van der Waals surface area contributed by atoms with Crippen molar-refractivity contribution in [1.29, 1.82) is 0 Å². The molecule has 130 valence electrons. The molecule has 0 spiro atoms. The van der Waals surface area contributed by atoms with E-state index in [0.717, 1.165) is 11.1 Å². The molecular formula is C20H17N3O2S. The number of hydrogen-bond acceptors (Lipinski definition) is 4. The summed E-state index contributed by atoms with van der Waals surface area (Å²) in [7, 11) is 0. The summed E-state index contributed by atoms with van der Waals surface area (Å²) in [5.74, 6) is 0. The van der Waals surface area contributed by atoms with Gasteiger partial charge in [0, 0.05) is 18.9 Å². The fourth-order valence-electron chi connectivity index (χ4n) is 3.04. The summed E-state index contributed by atoms with van der Waals surface area (Å²) in [6, 6.07) is 15.5. The van der Waals surface area contributed by atoms with E-state index in [9.17, 15) is 9.59 Å². The van der Waals surface area contributed by atoms with Crippen LogP contribution in [0.25, 0.3) is 10.2 Å². The van der Waals surface area contributed by atoms with Crippen LogP contribution < -0.4 is 11.2 Å². The Labute approximate surface area is 153 Å². The third-order valence-electron chi connectivity index (χ3n) is 4.37. The van der Waals surface area contributed by atoms with Crippen molar-refractivity contribution in [3.63, 3.8) is 0 Å². The number of aromatic nitrogens is 3. The summed E-state index contributed by atoms with van der Waals surface area (Å²) in [6.07, 6.45) is 4.08. The van der Waals surface area contributed by atoms with Crippen LogP contribution in [0.3, 0.4) is 0 Å². The number of aryl methyl sites for hydroxylation is 1. The zero-order valence-corrected chi connectivity index (χ0v) is 14.9. The van der Waals surface area contributed by atoms with Crippen molar-refractivity contribution in [3.8, 4) is 0 Å². The maximum atomic E-state index is 13.0. The van der Waals surface area contributed by atoms with Crippen molar-refractivity contribution in [3.05, 3.63) is 98.3 Å². The maximum Gasteiger partial charge on any atom is 0.331 e. The van der Waals surface area contributed by atoms with Gasteiger partial charge in [-0.1, -0.05) is 36.4 Å². The molecule has 3 aromatic heterocycles. The van der Waals surface area contributed by atoms with E-state index < -0.39 is 0 Å². The lowest BCUT2D eigenvalue weighted by atomic mass is 10.1. The van der Waals surface area contributed by atoms with Gasteiger partial charge in [0.25, 0.3) is 5.56 Å². The molecule has 0 radical (unpaired) electrons. The van der Waals surface area contributed by atoms with Gasteiger partial charge in [-0.3, -0.25) is 18.9 Å². The molecule has 0 unspecified atom stereocenters. The van der Waals surface area contributed by atoms with Gasteiger partial charge in [-0.2, -0.15) is 0 Å². The highest BCUT2D eigenvalue weighted by atomic mass is 32.1. The molecule has 0 bridgehead atoms. The van der Waals surface area contributed by atoms with E-state index in [2.05, 4.69) is 4.98 Å². The molecule has 4 rings (SSSR count). The van der Waals surface area contributed by atoms with Crippen LogP contribution in [0, 0.1) is 0 Å². The van der Waals surface area contributed by atoms with Crippen LogP contribution in [0.4, 0.5) is 0 Å². The fraction of sp³-hybridized carbons (Fsp3) is 0.150. The predicted octanol–water partition coefficient (Wildman–Crippen LogP) is 2.91. The SMILES string of the molecule is O=c1c2sccc2n(Cc2cccnc2)c(=O)n1CCc1ccccc1. The fourth-order valence-corrected chi connectivity index (χ4v) is 3.89. The van der Waals surface area contributed by atoms with Gasteiger partial charge in [-0.05, 0) is 35.1 Å². The molecule has 0 aliphatic heterocycles. The van der Waals surface area contributed by atoms with Crippen LogP contribution in [0.5, 0.6) is 0 Å². The largest absolute Gasteiger partial charge is 0.331 e. The molecule has 0 N–H and O–H groups in total. The van der Waals surface area contributed by atoms with Gasteiger partial charge >= 0.3 is 5.69 Å². The Bertz CT molecular complexity index is 1140. The first-order valence-corrected chi connectivity index (χ1v) is 9.25. The number of benzene rings is 1. The second kappa shape index (κ2) is 7.09. The van der Waals surface area contributed by atoms with Gasteiger partial charge in [-0.25, -0.2) is 4.79 Å². The Balaban J connectivity index is 1.78. The van der Waals surface area contributed by atoms with Gasteiger partial charge in [0.05, 0.1) is 12.1 Å². The van der Waals surface area contributed by atoms with E-state index in [1.54, 1.807) is 17.0 Å². The minimum absolute atomic E-state index is 0.210. The summed E-state index contributed by atoms with van der Waals surface area (Å²) >= 11 is 1.37. The molecule has 5 nitrogen and oxygen atoms in total. The van der Waals surface area contributed by atoms with E-state index in [4.69, 9.17) is 0 Å². The molecule has 3 heterocycles. The summed E-state index contributed by atoms with van der Waals surface area (Å²) < 4.78 is 3.62. The average Bonchev–Trinajstić information content (AvgIpc) is 3.17. The molecule has 0 aliphatic carbocycles. The van der Waals surface area contributed by atoms with E-state index in [0.29, 0.717) is 29.7 Å². The first-order chi connectivity index (χ1) is 12.7. The summed E-state index contributed by atoms with van der Waals surface area (Å²) in [5.41, 5.74) is 2.23. The zero-order chi connectivity index (χ0) is 17.9. The normalized spacial score (nSPS) is 11.1. The second-order valence-corrected chi connectivity index (χ2v) is 6.97. The topological polar surface area (TPSA) is 56.9 Å². The molecule has 26 heavy (non-hydrogen) atoms. The standard InChI is InChI=1S/C20H17N3O2S/c24-19-18-17(9-12-26-18)23(14-16-7-4-10-21-13-16)20(25)22(19)11-8-15-5-2-1-3-6-15/h1-7,9-10,12-13H,8,11,14H2. The Hall–Kier alpha value is -2.99. The van der Waals surface area contributed by atoms with Crippen molar-refractivity contribution in [1.82, 2.24) is 14.1 Å². The monoisotopic (exact) mass is 363 g/mol. The summed E-state index contributed by atoms with van der Waals surface area (Å²) in [6.45, 7) is 0.758. The smallest absolute Gasteiger partial charge is 0.288 e. The lowest BCUT2D eigenvalue weighted by Crippen LogP contribution is -2.40. The Morgan fingerprint density at radius 3 is 2.50 bits per heavy atom. The van der Waals surface area contributed by atoms with Crippen molar-refractivity contribution < 1.29 is 0 Å². The highest BCUT2D eigenvalue weighted by Gasteiger charge is 2.14. The molecule has 6 heteroatoms. The first kappa shape index (κ1) is 16.5. The van der Waals surface area contributed by atoms with Crippen LogP contribution in [-0.4, -0.2) is 14.1 Å². The van der Waals surface area contributed by atoms with Gasteiger partial charge < -0.3 is 0 Å². The zero-order valence-electron chi connectivity index (χ0n) is 14.0. The molecule has 0 saturated heterocycles. The van der Waals surface area contributed by atoms with Crippen LogP contribution in [0.2, 0.25) is 0 Å². The highest BCUT2D eigenvalue weighted by Crippen LogP contribution is 2.16. The molecule has 0 amide bonds. The summed E-state index contributed by atoms with van der Waals surface area (Å²) in [5, 5.41) is 1.85. The summed E-state index contributed by atoms with van der Waals surface area (Å²) in [4.78, 5) is 29.9. The van der Waals surface area contributed by atoms with E-state index >= 15 is 0 Å². The van der Waals surface area contributed by atoms with E-state index in [1.807, 2.05) is 53.9 Å². The van der Waals surface area contributed by atoms with E-state index in [-0.39, 0.29) is 11.2 Å². The number of nitrogens with zero attached hydrogens (tertiary/aromatic N) is 3. The third kappa shape index (κ3) is 3.11. The minimum Gasteiger partial charge on any atom is -0.288 e. The number of rotatable bonds is 5. The molecular weight excluding hydrogens is 346 g/mol.